The molecule has 1 fully saturated rings. The van der Waals surface area contributed by atoms with Gasteiger partial charge in [-0.1, -0.05) is 29.4 Å². The number of thiocarbonyl (C=S) groups is 1. The molecule has 0 saturated carbocycles. The number of methoxy groups -OCH3 is 1. The van der Waals surface area contributed by atoms with E-state index in [9.17, 15) is 4.79 Å². The molecule has 7 nitrogen and oxygen atoms in total. The number of carbonyl (C=O) groups is 1. The van der Waals surface area contributed by atoms with Crippen LogP contribution in [0.4, 0.5) is 11.4 Å². The molecule has 10 heteroatoms. The van der Waals surface area contributed by atoms with Gasteiger partial charge in [0.05, 0.1) is 11.7 Å². The molecule has 0 aliphatic carbocycles. The normalized spacial score (nSPS) is 17.0. The zero-order valence-electron chi connectivity index (χ0n) is 19.8. The quantitative estimate of drug-likeness (QED) is 0.250. The Morgan fingerprint density at radius 3 is 2.62 bits per heavy atom. The highest BCUT2D eigenvalue weighted by Gasteiger charge is 2.42. The smallest absolute Gasteiger partial charge is 0.250 e. The number of hydrogen-bond donors (Lipinski definition) is 2. The van der Waals surface area contributed by atoms with Gasteiger partial charge in [0.1, 0.15) is 18.4 Å². The lowest BCUT2D eigenvalue weighted by molar-refractivity contribution is -0.119. The van der Waals surface area contributed by atoms with Gasteiger partial charge < -0.3 is 24.7 Å². The number of aromatic nitrogens is 1. The fourth-order valence-corrected chi connectivity index (χ4v) is 5.37. The molecule has 2 aromatic carbocycles. The molecule has 2 unspecified atom stereocenters. The molecule has 4 aromatic rings. The van der Waals surface area contributed by atoms with Crippen LogP contribution < -0.4 is 15.5 Å². The van der Waals surface area contributed by atoms with Gasteiger partial charge in [0.15, 0.2) is 10.2 Å². The maximum Gasteiger partial charge on any atom is 0.250 e. The van der Waals surface area contributed by atoms with E-state index in [1.54, 1.807) is 6.20 Å². The Bertz CT molecular complexity index is 1380. The topological polar surface area (TPSA) is 79.6 Å². The van der Waals surface area contributed by atoms with Crippen molar-refractivity contribution in [2.24, 2.45) is 0 Å². The zero-order chi connectivity index (χ0) is 25.8. The Morgan fingerprint density at radius 1 is 1.14 bits per heavy atom. The van der Waals surface area contributed by atoms with Gasteiger partial charge in [-0.25, -0.2) is 0 Å². The van der Waals surface area contributed by atoms with Crippen LogP contribution in [0.3, 0.4) is 0 Å². The molecule has 3 heterocycles. The van der Waals surface area contributed by atoms with Crippen LogP contribution in [0.2, 0.25) is 5.02 Å². The fraction of sp³-hybridized carbons (Fsp3) is 0.148. The molecular weight excluding hydrogens is 528 g/mol. The van der Waals surface area contributed by atoms with E-state index in [0.717, 1.165) is 27.1 Å². The molecule has 0 spiro atoms. The van der Waals surface area contributed by atoms with Crippen LogP contribution in [0.1, 0.15) is 23.5 Å². The molecule has 2 N–H and O–H groups in total. The van der Waals surface area contributed by atoms with Crippen molar-refractivity contribution in [1.82, 2.24) is 10.3 Å². The summed E-state index contributed by atoms with van der Waals surface area (Å²) >= 11 is 13.3. The highest BCUT2D eigenvalue weighted by molar-refractivity contribution is 7.99. The first-order valence-electron chi connectivity index (χ1n) is 11.4. The molecule has 0 bridgehead atoms. The fourth-order valence-electron chi connectivity index (χ4n) is 4.12. The highest BCUT2D eigenvalue weighted by Crippen LogP contribution is 2.43. The third-order valence-electron chi connectivity index (χ3n) is 5.73. The lowest BCUT2D eigenvalue weighted by Crippen LogP contribution is -2.29. The van der Waals surface area contributed by atoms with Gasteiger partial charge in [-0.3, -0.25) is 9.78 Å². The lowest BCUT2D eigenvalue weighted by atomic mass is 10.0. The molecule has 0 radical (unpaired) electrons. The van der Waals surface area contributed by atoms with Crippen molar-refractivity contribution in [2.45, 2.75) is 22.1 Å². The van der Waals surface area contributed by atoms with Crippen molar-refractivity contribution in [1.29, 1.82) is 0 Å². The average Bonchev–Trinajstić information content (AvgIpc) is 3.50. The lowest BCUT2D eigenvalue weighted by Gasteiger charge is -2.26. The van der Waals surface area contributed by atoms with Crippen molar-refractivity contribution >= 4 is 58.0 Å². The summed E-state index contributed by atoms with van der Waals surface area (Å²) in [4.78, 5) is 19.5. The molecule has 1 aliphatic heterocycles. The molecular formula is C27H23ClN4O3S2. The van der Waals surface area contributed by atoms with Crippen molar-refractivity contribution in [3.05, 3.63) is 102 Å². The van der Waals surface area contributed by atoms with E-state index < -0.39 is 0 Å². The Hall–Kier alpha value is -3.37. The Morgan fingerprint density at radius 2 is 1.92 bits per heavy atom. The first-order valence-corrected chi connectivity index (χ1v) is 13.0. The molecule has 1 aliphatic rings. The summed E-state index contributed by atoms with van der Waals surface area (Å²) in [7, 11) is 1.48. The standard InChI is InChI=1S/C27H23ClN4O3S2/c1-34-16-23(33)30-18-7-9-19(10-8-18)32-26(25(31-27(32)36)21-4-2-3-15-29-21)22-13-14-24(35-22)37-20-11-5-17(28)6-12-20/h2-15,25-26H,16H2,1H3,(H,30,33)(H,31,36). The zero-order valence-corrected chi connectivity index (χ0v) is 22.1. The molecule has 2 aromatic heterocycles. The van der Waals surface area contributed by atoms with E-state index in [0.29, 0.717) is 15.8 Å². The number of halogens is 1. The maximum absolute atomic E-state index is 11.9. The largest absolute Gasteiger partial charge is 0.452 e. The number of anilines is 2. The molecule has 5 rings (SSSR count). The Labute approximate surface area is 229 Å². The van der Waals surface area contributed by atoms with Crippen LogP contribution in [0.5, 0.6) is 0 Å². The molecule has 1 amide bonds. The van der Waals surface area contributed by atoms with E-state index in [1.807, 2.05) is 83.8 Å². The van der Waals surface area contributed by atoms with Crippen LogP contribution in [0.15, 0.2) is 99.5 Å². The minimum Gasteiger partial charge on any atom is -0.452 e. The van der Waals surface area contributed by atoms with Crippen molar-refractivity contribution in [3.63, 3.8) is 0 Å². The minimum atomic E-state index is -0.282. The van der Waals surface area contributed by atoms with Gasteiger partial charge in [-0.05, 0) is 85.0 Å². The number of rotatable bonds is 8. The Kier molecular flexibility index (Phi) is 7.76. The average molecular weight is 551 g/mol. The van der Waals surface area contributed by atoms with Gasteiger partial charge in [0, 0.05) is 34.6 Å². The molecule has 2 atom stereocenters. The number of nitrogens with one attached hydrogen (secondary N) is 2. The summed E-state index contributed by atoms with van der Waals surface area (Å²) in [6, 6.07) is 24.3. The molecule has 1 saturated heterocycles. The van der Waals surface area contributed by atoms with Gasteiger partial charge >= 0.3 is 0 Å². The number of hydrogen-bond acceptors (Lipinski definition) is 6. The first-order chi connectivity index (χ1) is 18.0. The predicted molar refractivity (Wildman–Crippen MR) is 149 cm³/mol. The number of pyridine rings is 1. The van der Waals surface area contributed by atoms with Crippen molar-refractivity contribution < 1.29 is 13.9 Å². The summed E-state index contributed by atoms with van der Waals surface area (Å²) in [6.45, 7) is -0.00935. The Balaban J connectivity index is 1.46. The van der Waals surface area contributed by atoms with E-state index >= 15 is 0 Å². The van der Waals surface area contributed by atoms with Crippen LogP contribution in [0, 0.1) is 0 Å². The number of carbonyl (C=O) groups excluding carboxylic acids is 1. The van der Waals surface area contributed by atoms with Crippen LogP contribution >= 0.6 is 35.6 Å². The van der Waals surface area contributed by atoms with E-state index in [1.165, 1.54) is 18.9 Å². The second-order valence-corrected chi connectivity index (χ2v) is 10.1. The summed E-state index contributed by atoms with van der Waals surface area (Å²) in [5.74, 6) is 0.528. The second kappa shape index (κ2) is 11.4. The molecule has 37 heavy (non-hydrogen) atoms. The van der Waals surface area contributed by atoms with Gasteiger partial charge in [0.2, 0.25) is 5.91 Å². The highest BCUT2D eigenvalue weighted by atomic mass is 35.5. The number of nitrogens with zero attached hydrogens (tertiary/aromatic N) is 2. The summed E-state index contributed by atoms with van der Waals surface area (Å²) in [5, 5.41) is 8.23. The van der Waals surface area contributed by atoms with Crippen molar-refractivity contribution in [3.8, 4) is 0 Å². The third-order valence-corrected chi connectivity index (χ3v) is 7.22. The summed E-state index contributed by atoms with van der Waals surface area (Å²) in [6.07, 6.45) is 1.77. The monoisotopic (exact) mass is 550 g/mol. The first kappa shape index (κ1) is 25.3. The van der Waals surface area contributed by atoms with Crippen LogP contribution in [-0.2, 0) is 9.53 Å². The van der Waals surface area contributed by atoms with Gasteiger partial charge in [-0.2, -0.15) is 0 Å². The maximum atomic E-state index is 11.9. The molecule has 188 valence electrons. The van der Waals surface area contributed by atoms with Gasteiger partial charge in [0.25, 0.3) is 0 Å². The SMILES string of the molecule is COCC(=O)Nc1ccc(N2C(=S)NC(c3ccccn3)C2c2ccc(Sc3ccc(Cl)cc3)o2)cc1. The van der Waals surface area contributed by atoms with Crippen molar-refractivity contribution in [2.75, 3.05) is 23.9 Å². The van der Waals surface area contributed by atoms with Gasteiger partial charge in [-0.15, -0.1) is 0 Å². The number of furan rings is 1. The third kappa shape index (κ3) is 5.80. The van der Waals surface area contributed by atoms with E-state index in [-0.39, 0.29) is 24.6 Å². The number of ether oxygens (including phenoxy) is 1. The second-order valence-electron chi connectivity index (χ2n) is 8.24. The number of benzene rings is 2. The van der Waals surface area contributed by atoms with E-state index in [2.05, 4.69) is 15.6 Å². The minimum absolute atomic E-state index is 0.00935. The predicted octanol–water partition coefficient (Wildman–Crippen LogP) is 6.24. The number of amides is 1. The van der Waals surface area contributed by atoms with E-state index in [4.69, 9.17) is 33.0 Å². The summed E-state index contributed by atoms with van der Waals surface area (Å²) < 4.78 is 11.2. The summed E-state index contributed by atoms with van der Waals surface area (Å²) in [5.41, 5.74) is 2.37. The van der Waals surface area contributed by atoms with Crippen LogP contribution in [0.25, 0.3) is 0 Å². The van der Waals surface area contributed by atoms with Crippen LogP contribution in [-0.4, -0.2) is 29.7 Å².